The first-order valence-electron chi connectivity index (χ1n) is 9.15. The molecule has 0 atom stereocenters. The predicted octanol–water partition coefficient (Wildman–Crippen LogP) is 3.34. The molecule has 2 heterocycles. The lowest BCUT2D eigenvalue weighted by Crippen LogP contribution is -2.24. The van der Waals surface area contributed by atoms with Crippen LogP contribution < -0.4 is 11.1 Å². The second-order valence-electron chi connectivity index (χ2n) is 6.36. The van der Waals surface area contributed by atoms with Gasteiger partial charge in [-0.1, -0.05) is 18.2 Å². The fourth-order valence-electron chi connectivity index (χ4n) is 3.10. The van der Waals surface area contributed by atoms with Gasteiger partial charge in [0.15, 0.2) is 10.5 Å². The molecule has 0 saturated carbocycles. The third-order valence-electron chi connectivity index (χ3n) is 4.78. The van der Waals surface area contributed by atoms with Crippen LogP contribution in [-0.2, 0) is 20.1 Å². The van der Waals surface area contributed by atoms with Crippen molar-refractivity contribution in [3.63, 3.8) is 0 Å². The molecule has 1 aromatic carbocycles. The second kappa shape index (κ2) is 8.00. The van der Waals surface area contributed by atoms with Crippen LogP contribution in [0.25, 0.3) is 5.69 Å². The predicted molar refractivity (Wildman–Crippen MR) is 112 cm³/mol. The summed E-state index contributed by atoms with van der Waals surface area (Å²) >= 11 is 5.26. The normalized spacial score (nSPS) is 11.4. The monoisotopic (exact) mass is 414 g/mol. The lowest BCUT2D eigenvalue weighted by atomic mass is 10.3. The summed E-state index contributed by atoms with van der Waals surface area (Å²) in [4.78, 5) is 25.6. The van der Waals surface area contributed by atoms with Crippen molar-refractivity contribution in [3.05, 3.63) is 61.5 Å². The summed E-state index contributed by atoms with van der Waals surface area (Å²) in [5.74, 6) is -0.368. The quantitative estimate of drug-likeness (QED) is 0.511. The van der Waals surface area contributed by atoms with Gasteiger partial charge in [0.05, 0.1) is 11.4 Å². The molecule has 29 heavy (non-hydrogen) atoms. The maximum atomic E-state index is 12.9. The Kier molecular flexibility index (Phi) is 5.64. The molecule has 0 amide bonds. The lowest BCUT2D eigenvalue weighted by molar-refractivity contribution is 0.402. The van der Waals surface area contributed by atoms with E-state index in [-0.39, 0.29) is 27.6 Å². The van der Waals surface area contributed by atoms with E-state index in [0.29, 0.717) is 24.5 Å². The van der Waals surface area contributed by atoms with Crippen LogP contribution in [0.2, 0.25) is 0 Å². The van der Waals surface area contributed by atoms with Crippen LogP contribution in [0, 0.1) is 11.7 Å². The molecule has 0 aliphatic carbocycles. The van der Waals surface area contributed by atoms with E-state index in [0.717, 1.165) is 0 Å². The zero-order chi connectivity index (χ0) is 21.3. The molecule has 3 aromatic rings. The van der Waals surface area contributed by atoms with Gasteiger partial charge in [-0.3, -0.25) is 23.4 Å². The number of aromatic hydroxyl groups is 1. The molecule has 9 nitrogen and oxygen atoms in total. The van der Waals surface area contributed by atoms with Crippen LogP contribution in [-0.4, -0.2) is 23.6 Å². The Morgan fingerprint density at radius 2 is 1.55 bits per heavy atom. The van der Waals surface area contributed by atoms with Gasteiger partial charge in [-0.15, -0.1) is 10.2 Å². The van der Waals surface area contributed by atoms with E-state index in [1.807, 2.05) is 18.2 Å². The fourth-order valence-corrected chi connectivity index (χ4v) is 3.52. The first-order valence-corrected chi connectivity index (χ1v) is 9.56. The SMILES string of the molecule is CCn1c(O)c(/N=N/c2c(C)n(C)n(-c3ccccc3)c2=O)c(=O)n(CC)c1=S. The molecular weight excluding hydrogens is 392 g/mol. The molecule has 0 fully saturated rings. The third kappa shape index (κ3) is 3.35. The highest BCUT2D eigenvalue weighted by molar-refractivity contribution is 7.71. The van der Waals surface area contributed by atoms with Crippen molar-refractivity contribution < 1.29 is 5.11 Å². The minimum atomic E-state index is -0.555. The van der Waals surface area contributed by atoms with Crippen molar-refractivity contribution in [1.29, 1.82) is 0 Å². The Bertz CT molecular complexity index is 1260. The highest BCUT2D eigenvalue weighted by Gasteiger charge is 2.18. The standard InChI is InChI=1S/C19H22N6O3S/c1-5-23-16(26)15(17(27)24(6-2)19(23)29)21-20-14-12(3)22(4)25(18(14)28)13-10-8-7-9-11-13/h7-11,26H,5-6H2,1-4H3/b21-20+. The summed E-state index contributed by atoms with van der Waals surface area (Å²) in [6, 6.07) is 9.13. The summed E-state index contributed by atoms with van der Waals surface area (Å²) in [5, 5.41) is 18.5. The van der Waals surface area contributed by atoms with Crippen molar-refractivity contribution in [3.8, 4) is 11.6 Å². The van der Waals surface area contributed by atoms with Crippen molar-refractivity contribution in [2.24, 2.45) is 17.3 Å². The zero-order valence-corrected chi connectivity index (χ0v) is 17.5. The minimum Gasteiger partial charge on any atom is -0.493 e. The van der Waals surface area contributed by atoms with Gasteiger partial charge in [0.2, 0.25) is 11.6 Å². The smallest absolute Gasteiger partial charge is 0.299 e. The van der Waals surface area contributed by atoms with Gasteiger partial charge < -0.3 is 5.11 Å². The first-order chi connectivity index (χ1) is 13.8. The van der Waals surface area contributed by atoms with Crippen LogP contribution in [0.15, 0.2) is 50.1 Å². The molecular formula is C19H22N6O3S. The van der Waals surface area contributed by atoms with Crippen LogP contribution >= 0.6 is 12.2 Å². The number of rotatable bonds is 5. The van der Waals surface area contributed by atoms with Crippen molar-refractivity contribution in [1.82, 2.24) is 18.5 Å². The number of azo groups is 1. The van der Waals surface area contributed by atoms with Gasteiger partial charge >= 0.3 is 0 Å². The van der Waals surface area contributed by atoms with E-state index in [1.165, 1.54) is 13.8 Å². The number of hydrogen-bond donors (Lipinski definition) is 1. The minimum absolute atomic E-state index is 0.0868. The van der Waals surface area contributed by atoms with Crippen molar-refractivity contribution in [2.75, 3.05) is 0 Å². The molecule has 0 aliphatic rings. The maximum absolute atomic E-state index is 12.9. The molecule has 0 saturated heterocycles. The van der Waals surface area contributed by atoms with Gasteiger partial charge in [0, 0.05) is 20.1 Å². The Morgan fingerprint density at radius 3 is 2.14 bits per heavy atom. The van der Waals surface area contributed by atoms with Crippen LogP contribution in [0.5, 0.6) is 5.88 Å². The summed E-state index contributed by atoms with van der Waals surface area (Å²) in [6.07, 6.45) is 0. The molecule has 0 bridgehead atoms. The van der Waals surface area contributed by atoms with Crippen LogP contribution in [0.1, 0.15) is 19.5 Å². The summed E-state index contributed by atoms with van der Waals surface area (Å²) in [7, 11) is 1.74. The van der Waals surface area contributed by atoms with E-state index >= 15 is 0 Å². The highest BCUT2D eigenvalue weighted by Crippen LogP contribution is 2.25. The largest absolute Gasteiger partial charge is 0.493 e. The maximum Gasteiger partial charge on any atom is 0.299 e. The molecule has 0 spiro atoms. The van der Waals surface area contributed by atoms with E-state index in [4.69, 9.17) is 12.2 Å². The Morgan fingerprint density at radius 1 is 0.966 bits per heavy atom. The number of benzene rings is 1. The highest BCUT2D eigenvalue weighted by atomic mass is 32.1. The van der Waals surface area contributed by atoms with Crippen LogP contribution in [0.4, 0.5) is 11.4 Å². The average Bonchev–Trinajstić information content (AvgIpc) is 2.92. The second-order valence-corrected chi connectivity index (χ2v) is 6.72. The molecule has 152 valence electrons. The molecule has 0 radical (unpaired) electrons. The topological polar surface area (TPSA) is 98.8 Å². The zero-order valence-electron chi connectivity index (χ0n) is 16.7. The average molecular weight is 414 g/mol. The molecule has 0 unspecified atom stereocenters. The van der Waals surface area contributed by atoms with Crippen molar-refractivity contribution >= 4 is 23.6 Å². The number of aromatic nitrogens is 4. The van der Waals surface area contributed by atoms with E-state index < -0.39 is 5.56 Å². The molecule has 10 heteroatoms. The van der Waals surface area contributed by atoms with Gasteiger partial charge in [-0.05, 0) is 45.1 Å². The fraction of sp³-hybridized carbons (Fsp3) is 0.316. The lowest BCUT2D eigenvalue weighted by Gasteiger charge is -2.12. The molecule has 1 N–H and O–H groups in total. The van der Waals surface area contributed by atoms with Crippen molar-refractivity contribution in [2.45, 2.75) is 33.9 Å². The molecule has 3 rings (SSSR count). The molecule has 2 aromatic heterocycles. The Hall–Kier alpha value is -3.27. The number of nitrogens with zero attached hydrogens (tertiary/aromatic N) is 6. The van der Waals surface area contributed by atoms with Gasteiger partial charge in [0.25, 0.3) is 11.1 Å². The third-order valence-corrected chi connectivity index (χ3v) is 5.22. The summed E-state index contributed by atoms with van der Waals surface area (Å²) in [6.45, 7) is 5.98. The van der Waals surface area contributed by atoms with Gasteiger partial charge in [-0.25, -0.2) is 4.68 Å². The van der Waals surface area contributed by atoms with E-state index in [1.54, 1.807) is 44.6 Å². The van der Waals surface area contributed by atoms with Crippen LogP contribution in [0.3, 0.4) is 0 Å². The number of hydrogen-bond acceptors (Lipinski definition) is 6. The Labute approximate surface area is 171 Å². The molecule has 0 aliphatic heterocycles. The summed E-state index contributed by atoms with van der Waals surface area (Å²) in [5.41, 5.74) is 0.153. The van der Waals surface area contributed by atoms with Gasteiger partial charge in [0.1, 0.15) is 0 Å². The van der Waals surface area contributed by atoms with E-state index in [2.05, 4.69) is 10.2 Å². The number of para-hydroxylation sites is 1. The first kappa shape index (κ1) is 20.5. The van der Waals surface area contributed by atoms with Gasteiger partial charge in [-0.2, -0.15) is 0 Å². The van der Waals surface area contributed by atoms with E-state index in [9.17, 15) is 14.7 Å². The summed E-state index contributed by atoms with van der Waals surface area (Å²) < 4.78 is 6.06. The Balaban J connectivity index is 2.19.